The monoisotopic (exact) mass is 691 g/mol. The molecule has 4 rings (SSSR count). The number of anilines is 1. The molecule has 12 atom stereocenters. The molecule has 2 fully saturated rings. The lowest BCUT2D eigenvalue weighted by atomic mass is 9.83. The lowest BCUT2D eigenvalue weighted by Gasteiger charge is -2.41. The normalized spacial score (nSPS) is 37.8. The van der Waals surface area contributed by atoms with Crippen LogP contribution in [0.15, 0.2) is 25.2 Å². The summed E-state index contributed by atoms with van der Waals surface area (Å²) < 4.78 is 59.1. The number of phosphoric acid groups is 1. The number of nitrogens with two attached hydrogens (primary N) is 1. The van der Waals surface area contributed by atoms with Crippen molar-refractivity contribution < 1.29 is 71.8 Å². The van der Waals surface area contributed by atoms with Crippen LogP contribution in [-0.4, -0.2) is 129 Å². The molecule has 2 aliphatic rings. The van der Waals surface area contributed by atoms with E-state index in [2.05, 4.69) is 30.5 Å². The number of hydrogen-bond acceptors (Lipinski definition) is 17. The number of halogens is 1. The first-order valence-corrected chi connectivity index (χ1v) is 16.7. The van der Waals surface area contributed by atoms with Crippen molar-refractivity contribution in [3.63, 3.8) is 0 Å². The Morgan fingerprint density at radius 1 is 1.27 bits per heavy atom. The van der Waals surface area contributed by atoms with Gasteiger partial charge in [-0.3, -0.25) is 4.52 Å². The molecule has 2 aliphatic heterocycles. The van der Waals surface area contributed by atoms with Gasteiger partial charge in [0.05, 0.1) is 19.4 Å². The van der Waals surface area contributed by atoms with E-state index in [0.29, 0.717) is 5.56 Å². The molecule has 0 aromatic carbocycles. The smallest absolute Gasteiger partial charge is 0.393 e. The van der Waals surface area contributed by atoms with Crippen molar-refractivity contribution in [1.29, 1.82) is 0 Å². The number of fused-ring (bicyclic) bond motifs is 1. The first kappa shape index (κ1) is 35.2. The van der Waals surface area contributed by atoms with E-state index in [-0.39, 0.29) is 11.6 Å². The average molecular weight is 692 g/mol. The first-order chi connectivity index (χ1) is 20.5. The maximum absolute atomic E-state index is 14.0. The number of ether oxygens (including phenoxy) is 3. The number of nitrogen functional groups attached to an aromatic ring is 1. The fourth-order valence-corrected chi connectivity index (χ4v) is 8.06. The van der Waals surface area contributed by atoms with Gasteiger partial charge in [0.2, 0.25) is 5.95 Å². The molecule has 0 radical (unpaired) electrons. The van der Waals surface area contributed by atoms with Crippen molar-refractivity contribution in [2.45, 2.75) is 67.2 Å². The summed E-state index contributed by atoms with van der Waals surface area (Å²) in [4.78, 5) is 28.8. The molecule has 0 bridgehead atoms. The van der Waals surface area contributed by atoms with Crippen LogP contribution in [0, 0.1) is 0 Å². The van der Waals surface area contributed by atoms with Crippen LogP contribution in [0.5, 0.6) is 0 Å². The third-order valence-corrected chi connectivity index (χ3v) is 10.7. The quantitative estimate of drug-likeness (QED) is 0.0880. The van der Waals surface area contributed by atoms with Gasteiger partial charge >= 0.3 is 14.5 Å². The number of aliphatic hydroxyl groups excluding tert-OH is 5. The molecule has 0 spiro atoms. The van der Waals surface area contributed by atoms with Gasteiger partial charge in [-0.25, -0.2) is 23.2 Å². The predicted molar refractivity (Wildman–Crippen MR) is 146 cm³/mol. The molecule has 4 heterocycles. The van der Waals surface area contributed by atoms with Gasteiger partial charge in [-0.05, 0) is 18.7 Å². The third kappa shape index (κ3) is 6.47. The lowest BCUT2D eigenvalue weighted by Crippen LogP contribution is -2.60. The number of nitrogens with zero attached hydrogens (tertiary/aromatic N) is 4. The topological polar surface area (TPSA) is 283 Å². The second-order valence-corrected chi connectivity index (χ2v) is 14.5. The highest BCUT2D eigenvalue weighted by Crippen LogP contribution is 2.62. The summed E-state index contributed by atoms with van der Waals surface area (Å²) in [5.41, 5.74) is 2.93. The Bertz CT molecular complexity index is 1460. The van der Waals surface area contributed by atoms with Gasteiger partial charge in [-0.15, -0.1) is 6.58 Å². The third-order valence-electron chi connectivity index (χ3n) is 7.21. The van der Waals surface area contributed by atoms with Gasteiger partial charge in [0.25, 0.3) is 0 Å². The van der Waals surface area contributed by atoms with E-state index in [1.165, 1.54) is 37.1 Å². The number of methoxy groups -OCH3 is 1. The molecule has 0 aliphatic carbocycles. The van der Waals surface area contributed by atoms with E-state index in [1.54, 1.807) is 0 Å². The Balaban J connectivity index is 1.50. The SMILES string of the molecule is C=C[C@]1(OC)[C@H](c2cnn3c(N)ncnc23)O[C@](C)(COP(O)(=S)OP(=O)(O)OC2OC([C@@H](F)CO)C(O)C(O)C2O)[C@H]1O. The molecule has 9 N–H and O–H groups in total. The standard InChI is InChI=1S/C21H32FN5O14P2S/c1-4-21(36-3)15(9-5-26-27-16(9)24-8-25-19(27)23)39-20(2,18(21)32)7-37-43(35,44)41-42(33,34)40-17-13(31)11(29)12(30)14(38-17)10(22)6-28/h4-5,8,10-15,17-18,28-32H,1,6-7H2,2-3H3,(H,33,34)(H,35,44)(H2,23,24,25)/t10-,11?,12?,13?,14?,15-,17?,18+,20+,21-,43?/m0/s1. The van der Waals surface area contributed by atoms with Crippen LogP contribution in [-0.2, 0) is 43.9 Å². The molecular formula is C21H32FN5O14P2S. The van der Waals surface area contributed by atoms with Crippen LogP contribution in [0.2, 0.25) is 0 Å². The average Bonchev–Trinajstić information content (AvgIpc) is 3.49. The molecule has 248 valence electrons. The maximum atomic E-state index is 14.0. The Kier molecular flexibility index (Phi) is 10.3. The maximum Gasteiger partial charge on any atom is 0.481 e. The second kappa shape index (κ2) is 12.9. The Morgan fingerprint density at radius 2 is 1.95 bits per heavy atom. The largest absolute Gasteiger partial charge is 0.481 e. The number of aliphatic hydroxyl groups is 5. The molecule has 0 amide bonds. The van der Waals surface area contributed by atoms with Gasteiger partial charge in [-0.2, -0.15) is 9.61 Å². The van der Waals surface area contributed by atoms with E-state index >= 15 is 0 Å². The fraction of sp³-hybridized carbons (Fsp3) is 0.667. The van der Waals surface area contributed by atoms with Crippen LogP contribution in [0.4, 0.5) is 10.3 Å². The zero-order valence-corrected chi connectivity index (χ0v) is 25.6. The molecule has 23 heteroatoms. The minimum Gasteiger partial charge on any atom is -0.393 e. The lowest BCUT2D eigenvalue weighted by molar-refractivity contribution is -0.287. The molecular weight excluding hydrogens is 659 g/mol. The zero-order chi connectivity index (χ0) is 32.8. The molecule has 2 saturated heterocycles. The predicted octanol–water partition coefficient (Wildman–Crippen LogP) is -2.03. The summed E-state index contributed by atoms with van der Waals surface area (Å²) in [6, 6.07) is 0. The van der Waals surface area contributed by atoms with Gasteiger partial charge in [0.1, 0.15) is 54.2 Å². The van der Waals surface area contributed by atoms with Crippen LogP contribution in [0.25, 0.3) is 5.65 Å². The molecule has 2 aromatic heterocycles. The second-order valence-electron chi connectivity index (χ2n) is 10.1. The number of hydrogen-bond donors (Lipinski definition) is 8. The molecule has 7 unspecified atom stereocenters. The number of aromatic nitrogens is 4. The summed E-state index contributed by atoms with van der Waals surface area (Å²) in [5, 5.41) is 54.5. The summed E-state index contributed by atoms with van der Waals surface area (Å²) in [7, 11) is -4.25. The Morgan fingerprint density at radius 3 is 2.57 bits per heavy atom. The van der Waals surface area contributed by atoms with Crippen molar-refractivity contribution in [3.8, 4) is 0 Å². The number of rotatable bonds is 12. The summed E-state index contributed by atoms with van der Waals surface area (Å²) >= 11 is 4.83. The minimum atomic E-state index is -5.52. The van der Waals surface area contributed by atoms with Crippen molar-refractivity contribution >= 4 is 37.9 Å². The van der Waals surface area contributed by atoms with E-state index < -0.39 is 88.0 Å². The molecule has 0 saturated carbocycles. The first-order valence-electron chi connectivity index (χ1n) is 12.6. The fourth-order valence-electron chi connectivity index (χ4n) is 4.90. The van der Waals surface area contributed by atoms with Crippen LogP contribution in [0.1, 0.15) is 18.6 Å². The highest BCUT2D eigenvalue weighted by Gasteiger charge is 2.62. The van der Waals surface area contributed by atoms with E-state index in [4.69, 9.17) is 41.4 Å². The molecule has 44 heavy (non-hydrogen) atoms. The molecule has 2 aromatic rings. The zero-order valence-electron chi connectivity index (χ0n) is 23.0. The van der Waals surface area contributed by atoms with Gasteiger partial charge in [-0.1, -0.05) is 6.08 Å². The van der Waals surface area contributed by atoms with Gasteiger partial charge in [0, 0.05) is 12.7 Å². The number of phosphoric ester groups is 1. The van der Waals surface area contributed by atoms with E-state index in [0.717, 1.165) is 0 Å². The van der Waals surface area contributed by atoms with Gasteiger partial charge < -0.3 is 59.8 Å². The van der Waals surface area contributed by atoms with Crippen molar-refractivity contribution in [2.75, 3.05) is 26.1 Å². The van der Waals surface area contributed by atoms with Crippen molar-refractivity contribution in [3.05, 3.63) is 30.7 Å². The van der Waals surface area contributed by atoms with Crippen LogP contribution in [0.3, 0.4) is 0 Å². The highest BCUT2D eigenvalue weighted by atomic mass is 32.5. The van der Waals surface area contributed by atoms with E-state index in [1.807, 2.05) is 0 Å². The van der Waals surface area contributed by atoms with Gasteiger partial charge in [0.15, 0.2) is 18.1 Å². The van der Waals surface area contributed by atoms with Crippen LogP contribution >= 0.6 is 14.5 Å². The van der Waals surface area contributed by atoms with Crippen LogP contribution < -0.4 is 5.73 Å². The summed E-state index contributed by atoms with van der Waals surface area (Å²) in [6.07, 6.45) is -11.8. The minimum absolute atomic E-state index is 0.00606. The summed E-state index contributed by atoms with van der Waals surface area (Å²) in [6.45, 7) is -1.61. The Labute approximate surface area is 253 Å². The van der Waals surface area contributed by atoms with Crippen molar-refractivity contribution in [2.24, 2.45) is 0 Å². The Hall–Kier alpha value is -1.62. The highest BCUT2D eigenvalue weighted by molar-refractivity contribution is 8.08. The number of alkyl halides is 1. The van der Waals surface area contributed by atoms with Crippen molar-refractivity contribution in [1.82, 2.24) is 19.6 Å². The molecule has 19 nitrogen and oxygen atoms in total. The summed E-state index contributed by atoms with van der Waals surface area (Å²) in [5.74, 6) is 0.00606. The van der Waals surface area contributed by atoms with E-state index in [9.17, 15) is 39.2 Å².